The van der Waals surface area contributed by atoms with Gasteiger partial charge >= 0.3 is 0 Å². The third-order valence-corrected chi connectivity index (χ3v) is 2.69. The zero-order valence-corrected chi connectivity index (χ0v) is 9.82. The van der Waals surface area contributed by atoms with E-state index < -0.39 is 0 Å². The molecule has 16 heavy (non-hydrogen) atoms. The summed E-state index contributed by atoms with van der Waals surface area (Å²) < 4.78 is 6.91. The molecule has 0 unspecified atom stereocenters. The van der Waals surface area contributed by atoms with E-state index in [4.69, 9.17) is 22.1 Å². The van der Waals surface area contributed by atoms with Crippen molar-refractivity contribution in [2.24, 2.45) is 7.05 Å². The quantitative estimate of drug-likeness (QED) is 0.872. The second-order valence-electron chi connectivity index (χ2n) is 3.40. The molecule has 0 saturated heterocycles. The first kappa shape index (κ1) is 10.8. The fourth-order valence-electron chi connectivity index (χ4n) is 1.56. The molecule has 0 amide bonds. The lowest BCUT2D eigenvalue weighted by atomic mass is 10.1. The second kappa shape index (κ2) is 4.06. The molecule has 1 aromatic heterocycles. The van der Waals surface area contributed by atoms with Crippen LogP contribution in [0.25, 0.3) is 11.3 Å². The smallest absolute Gasteiger partial charge is 0.201 e. The minimum absolute atomic E-state index is 0.391. The Hall–Kier alpha value is -1.68. The lowest BCUT2D eigenvalue weighted by Gasteiger charge is -2.06. The van der Waals surface area contributed by atoms with Crippen LogP contribution < -0.4 is 10.5 Å². The fraction of sp³-hybridized carbons (Fsp3) is 0.182. The number of nitrogen functional groups attached to an aromatic ring is 1. The summed E-state index contributed by atoms with van der Waals surface area (Å²) in [6.45, 7) is 0. The van der Waals surface area contributed by atoms with Crippen molar-refractivity contribution < 1.29 is 4.74 Å². The predicted molar refractivity (Wildman–Crippen MR) is 64.6 cm³/mol. The largest absolute Gasteiger partial charge is 0.497 e. The van der Waals surface area contributed by atoms with E-state index in [0.717, 1.165) is 17.0 Å². The van der Waals surface area contributed by atoms with Gasteiger partial charge in [-0.3, -0.25) is 0 Å². The van der Waals surface area contributed by atoms with Crippen molar-refractivity contribution in [1.82, 2.24) is 9.55 Å². The first-order chi connectivity index (χ1) is 7.63. The highest BCUT2D eigenvalue weighted by Crippen LogP contribution is 2.30. The standard InChI is InChI=1S/C11H12ClN3O/c1-15-9(10(12)14-11(15)13)7-4-3-5-8(6-7)16-2/h3-6H,1-2H3,(H2,13,14). The zero-order valence-electron chi connectivity index (χ0n) is 9.07. The van der Waals surface area contributed by atoms with Gasteiger partial charge in [0.05, 0.1) is 12.8 Å². The van der Waals surface area contributed by atoms with Crippen LogP contribution in [0, 0.1) is 0 Å². The highest BCUT2D eigenvalue weighted by Gasteiger charge is 2.13. The van der Waals surface area contributed by atoms with Crippen LogP contribution in [0.5, 0.6) is 5.75 Å². The molecule has 0 atom stereocenters. The number of methoxy groups -OCH3 is 1. The van der Waals surface area contributed by atoms with Gasteiger partial charge in [0.2, 0.25) is 5.95 Å². The Kier molecular flexibility index (Phi) is 2.75. The molecular formula is C11H12ClN3O. The summed E-state index contributed by atoms with van der Waals surface area (Å²) in [5.41, 5.74) is 7.40. The van der Waals surface area contributed by atoms with E-state index in [-0.39, 0.29) is 0 Å². The topological polar surface area (TPSA) is 53.1 Å². The number of benzene rings is 1. The lowest BCUT2D eigenvalue weighted by Crippen LogP contribution is -1.98. The van der Waals surface area contributed by atoms with Crippen molar-refractivity contribution in [2.45, 2.75) is 0 Å². The van der Waals surface area contributed by atoms with E-state index in [1.807, 2.05) is 31.3 Å². The predicted octanol–water partition coefficient (Wildman–Crippen LogP) is 2.33. The van der Waals surface area contributed by atoms with Gasteiger partial charge in [0.1, 0.15) is 5.75 Å². The number of ether oxygens (including phenoxy) is 1. The van der Waals surface area contributed by atoms with Gasteiger partial charge in [-0.1, -0.05) is 23.7 Å². The first-order valence-electron chi connectivity index (χ1n) is 4.75. The SMILES string of the molecule is COc1cccc(-c2c(Cl)nc(N)n2C)c1. The Balaban J connectivity index is 2.58. The molecule has 2 rings (SSSR count). The molecule has 5 heteroatoms. The average Bonchev–Trinajstić information content (AvgIpc) is 2.53. The maximum Gasteiger partial charge on any atom is 0.201 e. The number of nitrogens with two attached hydrogens (primary N) is 1. The van der Waals surface area contributed by atoms with E-state index in [2.05, 4.69) is 4.98 Å². The molecule has 2 aromatic rings. The van der Waals surface area contributed by atoms with Crippen LogP contribution in [0.4, 0.5) is 5.95 Å². The van der Waals surface area contributed by atoms with Crippen LogP contribution in [0.3, 0.4) is 0 Å². The monoisotopic (exact) mass is 237 g/mol. The summed E-state index contributed by atoms with van der Waals surface area (Å²) in [6, 6.07) is 7.60. The van der Waals surface area contributed by atoms with Crippen LogP contribution in [-0.4, -0.2) is 16.7 Å². The molecular weight excluding hydrogens is 226 g/mol. The third-order valence-electron chi connectivity index (χ3n) is 2.43. The van der Waals surface area contributed by atoms with Gasteiger partial charge in [-0.15, -0.1) is 0 Å². The Bertz CT molecular complexity index is 522. The number of anilines is 1. The van der Waals surface area contributed by atoms with Crippen LogP contribution in [0.1, 0.15) is 0 Å². The Labute approximate surface area is 98.6 Å². The number of hydrogen-bond donors (Lipinski definition) is 1. The Morgan fingerprint density at radius 2 is 2.19 bits per heavy atom. The number of imidazole rings is 1. The molecule has 0 aliphatic carbocycles. The minimum Gasteiger partial charge on any atom is -0.497 e. The Morgan fingerprint density at radius 1 is 1.44 bits per heavy atom. The molecule has 0 aliphatic rings. The molecule has 2 N–H and O–H groups in total. The van der Waals surface area contributed by atoms with Crippen molar-refractivity contribution >= 4 is 17.5 Å². The number of aromatic nitrogens is 2. The van der Waals surface area contributed by atoms with Gasteiger partial charge < -0.3 is 15.0 Å². The van der Waals surface area contributed by atoms with E-state index in [1.165, 1.54) is 0 Å². The summed E-state index contributed by atoms with van der Waals surface area (Å²) in [6.07, 6.45) is 0. The maximum absolute atomic E-state index is 6.03. The van der Waals surface area contributed by atoms with Gasteiger partial charge in [-0.2, -0.15) is 0 Å². The summed E-state index contributed by atoms with van der Waals surface area (Å²) in [7, 11) is 3.45. The Morgan fingerprint density at radius 3 is 2.75 bits per heavy atom. The summed E-state index contributed by atoms with van der Waals surface area (Å²) in [5.74, 6) is 1.16. The molecule has 0 aliphatic heterocycles. The van der Waals surface area contributed by atoms with Crippen LogP contribution in [-0.2, 0) is 7.05 Å². The van der Waals surface area contributed by atoms with Crippen molar-refractivity contribution in [2.75, 3.05) is 12.8 Å². The molecule has 4 nitrogen and oxygen atoms in total. The first-order valence-corrected chi connectivity index (χ1v) is 5.13. The molecule has 0 radical (unpaired) electrons. The maximum atomic E-state index is 6.03. The number of halogens is 1. The molecule has 1 heterocycles. The van der Waals surface area contributed by atoms with Crippen LogP contribution in [0.2, 0.25) is 5.15 Å². The van der Waals surface area contributed by atoms with Crippen molar-refractivity contribution in [3.05, 3.63) is 29.4 Å². The van der Waals surface area contributed by atoms with Gasteiger partial charge in [-0.05, 0) is 12.1 Å². The molecule has 1 aromatic carbocycles. The highest BCUT2D eigenvalue weighted by atomic mass is 35.5. The third kappa shape index (κ3) is 1.72. The van der Waals surface area contributed by atoms with Crippen molar-refractivity contribution in [3.63, 3.8) is 0 Å². The van der Waals surface area contributed by atoms with Crippen molar-refractivity contribution in [1.29, 1.82) is 0 Å². The lowest BCUT2D eigenvalue weighted by molar-refractivity contribution is 0.415. The van der Waals surface area contributed by atoms with Crippen LogP contribution >= 0.6 is 11.6 Å². The summed E-state index contributed by atoms with van der Waals surface area (Å²) in [4.78, 5) is 4.01. The van der Waals surface area contributed by atoms with Gasteiger partial charge in [0, 0.05) is 12.6 Å². The molecule has 0 bridgehead atoms. The normalized spacial score (nSPS) is 10.4. The fourth-order valence-corrected chi connectivity index (χ4v) is 1.89. The summed E-state index contributed by atoms with van der Waals surface area (Å²) >= 11 is 6.03. The van der Waals surface area contributed by atoms with Gasteiger partial charge in [-0.25, -0.2) is 4.98 Å². The van der Waals surface area contributed by atoms with Gasteiger partial charge in [0.25, 0.3) is 0 Å². The van der Waals surface area contributed by atoms with E-state index in [0.29, 0.717) is 11.1 Å². The van der Waals surface area contributed by atoms with Gasteiger partial charge in [0.15, 0.2) is 5.15 Å². The van der Waals surface area contributed by atoms with Crippen LogP contribution in [0.15, 0.2) is 24.3 Å². The number of nitrogens with zero attached hydrogens (tertiary/aromatic N) is 2. The summed E-state index contributed by atoms with van der Waals surface area (Å²) in [5, 5.41) is 0.397. The second-order valence-corrected chi connectivity index (χ2v) is 3.76. The van der Waals surface area contributed by atoms with E-state index in [9.17, 15) is 0 Å². The molecule has 0 spiro atoms. The number of rotatable bonds is 2. The zero-order chi connectivity index (χ0) is 11.7. The molecule has 0 saturated carbocycles. The molecule has 0 fully saturated rings. The van der Waals surface area contributed by atoms with E-state index in [1.54, 1.807) is 11.7 Å². The number of hydrogen-bond acceptors (Lipinski definition) is 3. The highest BCUT2D eigenvalue weighted by molar-refractivity contribution is 6.32. The van der Waals surface area contributed by atoms with E-state index >= 15 is 0 Å². The van der Waals surface area contributed by atoms with Crippen molar-refractivity contribution in [3.8, 4) is 17.0 Å². The average molecular weight is 238 g/mol. The minimum atomic E-state index is 0.391. The molecule has 84 valence electrons.